The Kier molecular flexibility index (Phi) is 14.4. The average Bonchev–Trinajstić information content (AvgIpc) is 3.35. The molecule has 2 aromatic carbocycles. The Morgan fingerprint density at radius 3 is 2.15 bits per heavy atom. The second-order valence-corrected chi connectivity index (χ2v) is 11.6. The van der Waals surface area contributed by atoms with Crippen molar-refractivity contribution in [3.05, 3.63) is 70.2 Å². The van der Waals surface area contributed by atoms with Gasteiger partial charge in [0.05, 0.1) is 23.2 Å². The molecule has 2 N–H and O–H groups in total. The highest BCUT2D eigenvalue weighted by Crippen LogP contribution is 2.30. The van der Waals surface area contributed by atoms with E-state index in [0.717, 1.165) is 24.9 Å². The Bertz CT molecular complexity index is 1220. The number of carbonyl (C=O) groups is 2. The fraction of sp³-hybridized carbons (Fsp3) is 0.500. The fourth-order valence-electron chi connectivity index (χ4n) is 4.93. The van der Waals surface area contributed by atoms with Crippen molar-refractivity contribution in [3.8, 4) is 5.75 Å². The fourth-order valence-corrected chi connectivity index (χ4v) is 5.71. The predicted molar refractivity (Wildman–Crippen MR) is 170 cm³/mol. The van der Waals surface area contributed by atoms with Crippen LogP contribution in [0.2, 0.25) is 0 Å². The van der Waals surface area contributed by atoms with E-state index in [2.05, 4.69) is 39.9 Å². The summed E-state index contributed by atoms with van der Waals surface area (Å²) in [5.74, 6) is 0.351. The van der Waals surface area contributed by atoms with Gasteiger partial charge >= 0.3 is 6.03 Å². The summed E-state index contributed by atoms with van der Waals surface area (Å²) in [5, 5.41) is 7.93. The maximum atomic E-state index is 12.9. The van der Waals surface area contributed by atoms with E-state index in [1.807, 2.05) is 24.3 Å². The number of aromatic nitrogens is 1. The minimum absolute atomic E-state index is 0.0901. The number of ketones is 1. The molecule has 0 saturated heterocycles. The van der Waals surface area contributed by atoms with Crippen LogP contribution in [0.15, 0.2) is 53.4 Å². The summed E-state index contributed by atoms with van der Waals surface area (Å²) in [6, 6.07) is 12.7. The number of Topliss-reactive ketones (excluding diaryl/α,β-unsaturated/α-hetero) is 1. The van der Waals surface area contributed by atoms with Crippen molar-refractivity contribution in [2.75, 3.05) is 17.2 Å². The van der Waals surface area contributed by atoms with Gasteiger partial charge in [-0.2, -0.15) is 4.57 Å². The van der Waals surface area contributed by atoms with Crippen molar-refractivity contribution in [1.29, 1.82) is 0 Å². The molecule has 222 valence electrons. The predicted octanol–water partition coefficient (Wildman–Crippen LogP) is 9.32. The molecule has 3 aromatic rings. The van der Waals surface area contributed by atoms with Crippen LogP contribution in [0.1, 0.15) is 113 Å². The van der Waals surface area contributed by atoms with Crippen LogP contribution in [0.4, 0.5) is 16.2 Å². The topological polar surface area (TPSA) is 71.3 Å². The number of amides is 2. The maximum Gasteiger partial charge on any atom is 0.323 e. The zero-order chi connectivity index (χ0) is 29.3. The van der Waals surface area contributed by atoms with Crippen LogP contribution in [-0.4, -0.2) is 18.4 Å². The highest BCUT2D eigenvalue weighted by atomic mass is 32.1. The number of rotatable bonds is 19. The summed E-state index contributed by atoms with van der Waals surface area (Å²) in [6.07, 6.45) is 15.3. The third kappa shape index (κ3) is 11.7. The molecule has 7 heteroatoms. The van der Waals surface area contributed by atoms with Gasteiger partial charge in [0.2, 0.25) is 5.51 Å². The van der Waals surface area contributed by atoms with E-state index < -0.39 is 0 Å². The zero-order valence-electron chi connectivity index (χ0n) is 25.2. The van der Waals surface area contributed by atoms with Crippen molar-refractivity contribution in [1.82, 2.24) is 0 Å². The third-order valence-corrected chi connectivity index (χ3v) is 8.16. The lowest BCUT2D eigenvalue weighted by atomic mass is 10.1. The number of benzene rings is 2. The van der Waals surface area contributed by atoms with Crippen molar-refractivity contribution >= 4 is 34.5 Å². The van der Waals surface area contributed by atoms with Crippen LogP contribution in [0.5, 0.6) is 5.75 Å². The van der Waals surface area contributed by atoms with Gasteiger partial charge in [-0.3, -0.25) is 4.79 Å². The van der Waals surface area contributed by atoms with E-state index in [4.69, 9.17) is 4.74 Å². The summed E-state index contributed by atoms with van der Waals surface area (Å²) in [4.78, 5) is 25.2. The standard InChI is InChI=1S/C34H47N3O3S/c1-4-5-6-7-8-9-10-11-12-13-14-15-22-40-33-31(28(3)38)20-17-21-32(33)36-34(39)35-30-19-16-18-29(23-30)24-37-26-41-25-27(37)2/h16-21,23,25-26H,4-15,22,24H2,1-3H3,(H-,35,36,39)/p+1. The van der Waals surface area contributed by atoms with Crippen molar-refractivity contribution in [3.63, 3.8) is 0 Å². The van der Waals surface area contributed by atoms with Gasteiger partial charge in [0.15, 0.2) is 23.8 Å². The van der Waals surface area contributed by atoms with Crippen molar-refractivity contribution < 1.29 is 18.9 Å². The highest BCUT2D eigenvalue weighted by Gasteiger charge is 2.16. The Morgan fingerprint density at radius 2 is 1.51 bits per heavy atom. The molecule has 41 heavy (non-hydrogen) atoms. The minimum atomic E-state index is -0.377. The van der Waals surface area contributed by atoms with Crippen LogP contribution in [0.25, 0.3) is 0 Å². The number of nitrogens with zero attached hydrogens (tertiary/aromatic N) is 1. The minimum Gasteiger partial charge on any atom is -0.491 e. The number of anilines is 2. The molecular weight excluding hydrogens is 530 g/mol. The van der Waals surface area contributed by atoms with Crippen LogP contribution in [-0.2, 0) is 6.54 Å². The van der Waals surface area contributed by atoms with Crippen LogP contribution < -0.4 is 19.9 Å². The van der Waals surface area contributed by atoms with Gasteiger partial charge in [-0.1, -0.05) is 107 Å². The van der Waals surface area contributed by atoms with Gasteiger partial charge in [-0.25, -0.2) is 4.79 Å². The molecule has 0 unspecified atom stereocenters. The number of para-hydroxylation sites is 1. The molecule has 2 amide bonds. The van der Waals surface area contributed by atoms with E-state index in [1.54, 1.807) is 29.5 Å². The molecule has 1 heterocycles. The van der Waals surface area contributed by atoms with Gasteiger partial charge in [0, 0.05) is 18.2 Å². The quantitative estimate of drug-likeness (QED) is 0.0846. The molecule has 0 fully saturated rings. The van der Waals surface area contributed by atoms with Crippen LogP contribution >= 0.6 is 11.3 Å². The molecular formula is C34H48N3O3S+. The first-order valence-electron chi connectivity index (χ1n) is 15.3. The van der Waals surface area contributed by atoms with E-state index in [1.165, 1.54) is 76.8 Å². The first kappa shape index (κ1) is 32.3. The molecule has 0 atom stereocenters. The molecule has 0 bridgehead atoms. The summed E-state index contributed by atoms with van der Waals surface area (Å²) < 4.78 is 8.27. The van der Waals surface area contributed by atoms with E-state index in [-0.39, 0.29) is 11.8 Å². The number of ether oxygens (including phenoxy) is 1. The highest BCUT2D eigenvalue weighted by molar-refractivity contribution is 7.07. The van der Waals surface area contributed by atoms with Gasteiger partial charge in [0.25, 0.3) is 0 Å². The normalized spacial score (nSPS) is 10.9. The Hall–Kier alpha value is -3.19. The summed E-state index contributed by atoms with van der Waals surface area (Å²) >= 11 is 1.67. The summed E-state index contributed by atoms with van der Waals surface area (Å²) in [7, 11) is 0. The molecule has 0 spiro atoms. The number of hydrogen-bond acceptors (Lipinski definition) is 4. The number of thiazole rings is 1. The summed E-state index contributed by atoms with van der Waals surface area (Å²) in [6.45, 7) is 7.12. The smallest absolute Gasteiger partial charge is 0.323 e. The Labute approximate surface area is 250 Å². The van der Waals surface area contributed by atoms with Gasteiger partial charge in [-0.15, -0.1) is 0 Å². The number of aryl methyl sites for hydroxylation is 1. The lowest BCUT2D eigenvalue weighted by Gasteiger charge is -2.16. The first-order valence-corrected chi connectivity index (χ1v) is 16.3. The lowest BCUT2D eigenvalue weighted by Crippen LogP contribution is -2.34. The van der Waals surface area contributed by atoms with Crippen LogP contribution in [0, 0.1) is 6.92 Å². The second-order valence-electron chi connectivity index (χ2n) is 10.9. The molecule has 3 rings (SSSR count). The molecule has 6 nitrogen and oxygen atoms in total. The van der Waals surface area contributed by atoms with Crippen molar-refractivity contribution in [2.24, 2.45) is 0 Å². The lowest BCUT2D eigenvalue weighted by molar-refractivity contribution is -0.689. The molecule has 1 aromatic heterocycles. The Balaban J connectivity index is 1.45. The number of unbranched alkanes of at least 4 members (excludes halogenated alkanes) is 11. The molecule has 0 aliphatic rings. The number of urea groups is 1. The maximum absolute atomic E-state index is 12.9. The third-order valence-electron chi connectivity index (χ3n) is 7.30. The van der Waals surface area contributed by atoms with E-state index >= 15 is 0 Å². The SMILES string of the molecule is CCCCCCCCCCCCCCOc1c(NC(=O)Nc2cccc(C[n+]3cscc3C)c2)cccc1C(C)=O. The van der Waals surface area contributed by atoms with Gasteiger partial charge < -0.3 is 15.4 Å². The van der Waals surface area contributed by atoms with Crippen molar-refractivity contribution in [2.45, 2.75) is 104 Å². The van der Waals surface area contributed by atoms with Crippen LogP contribution in [0.3, 0.4) is 0 Å². The largest absolute Gasteiger partial charge is 0.491 e. The molecule has 0 aliphatic heterocycles. The molecule has 0 radical (unpaired) electrons. The van der Waals surface area contributed by atoms with E-state index in [0.29, 0.717) is 29.3 Å². The zero-order valence-corrected chi connectivity index (χ0v) is 26.0. The second kappa shape index (κ2) is 18.3. The monoisotopic (exact) mass is 578 g/mol. The summed E-state index contributed by atoms with van der Waals surface area (Å²) in [5.41, 5.74) is 6.06. The first-order chi connectivity index (χ1) is 20.0. The number of hydrogen-bond donors (Lipinski definition) is 2. The van der Waals surface area contributed by atoms with Gasteiger partial charge in [0.1, 0.15) is 0 Å². The molecule has 0 aliphatic carbocycles. The molecule has 0 saturated carbocycles. The van der Waals surface area contributed by atoms with Gasteiger partial charge in [-0.05, 0) is 37.6 Å². The number of nitrogens with one attached hydrogen (secondary N) is 2. The van der Waals surface area contributed by atoms with E-state index in [9.17, 15) is 9.59 Å². The average molecular weight is 579 g/mol. The Morgan fingerprint density at radius 1 is 0.854 bits per heavy atom. The number of carbonyl (C=O) groups excluding carboxylic acids is 2.